The zero-order valence-corrected chi connectivity index (χ0v) is 26.2. The maximum Gasteiger partial charge on any atom is 0.407 e. The largest absolute Gasteiger partial charge is 0.491 e. The molecular formula is C38H38FN3O5. The van der Waals surface area contributed by atoms with E-state index in [4.69, 9.17) is 19.5 Å². The van der Waals surface area contributed by atoms with Crippen LogP contribution in [0.3, 0.4) is 0 Å². The molecule has 0 aromatic heterocycles. The number of halogens is 1. The summed E-state index contributed by atoms with van der Waals surface area (Å²) in [5, 5.41) is 15.2. The molecule has 0 aliphatic carbocycles. The first-order valence-electron chi connectivity index (χ1n) is 15.7. The van der Waals surface area contributed by atoms with Crippen LogP contribution in [-0.4, -0.2) is 56.9 Å². The Morgan fingerprint density at radius 3 is 2.23 bits per heavy atom. The van der Waals surface area contributed by atoms with E-state index in [0.29, 0.717) is 49.4 Å². The lowest BCUT2D eigenvalue weighted by molar-refractivity contribution is -0.120. The molecule has 1 saturated heterocycles. The third kappa shape index (κ3) is 9.26. The number of alkyl carbamates (subject to hydrolysis) is 1. The van der Waals surface area contributed by atoms with Crippen LogP contribution >= 0.6 is 0 Å². The summed E-state index contributed by atoms with van der Waals surface area (Å²) in [4.78, 5) is 26.7. The van der Waals surface area contributed by atoms with E-state index in [1.807, 2.05) is 60.7 Å². The van der Waals surface area contributed by atoms with Crippen molar-refractivity contribution in [3.8, 4) is 11.8 Å². The molecule has 1 heterocycles. The summed E-state index contributed by atoms with van der Waals surface area (Å²) in [5.74, 6) is -0.536. The lowest BCUT2D eigenvalue weighted by Gasteiger charge is -2.31. The lowest BCUT2D eigenvalue weighted by Crippen LogP contribution is -2.47. The Balaban J connectivity index is 1.29. The first-order chi connectivity index (χ1) is 22.9. The molecule has 47 heavy (non-hydrogen) atoms. The summed E-state index contributed by atoms with van der Waals surface area (Å²) >= 11 is 0. The number of aryl methyl sites for hydroxylation is 1. The van der Waals surface area contributed by atoms with Gasteiger partial charge >= 0.3 is 6.09 Å². The van der Waals surface area contributed by atoms with Crippen molar-refractivity contribution in [2.24, 2.45) is 0 Å². The fourth-order valence-corrected chi connectivity index (χ4v) is 5.91. The molecule has 0 unspecified atom stereocenters. The van der Waals surface area contributed by atoms with Crippen molar-refractivity contribution in [3.63, 3.8) is 0 Å². The van der Waals surface area contributed by atoms with Gasteiger partial charge in [0.15, 0.2) is 5.78 Å². The highest BCUT2D eigenvalue weighted by Gasteiger charge is 2.33. The molecule has 4 aromatic rings. The summed E-state index contributed by atoms with van der Waals surface area (Å²) in [5.41, 5.74) is 3.68. The van der Waals surface area contributed by atoms with Crippen LogP contribution in [0.4, 0.5) is 9.18 Å². The lowest BCUT2D eigenvalue weighted by atomic mass is 9.81. The molecular weight excluding hydrogens is 597 g/mol. The Labute approximate surface area is 274 Å². The number of hydrogen-bond donors (Lipinski definition) is 2. The number of nitriles is 1. The fourth-order valence-electron chi connectivity index (χ4n) is 5.91. The Kier molecular flexibility index (Phi) is 11.7. The molecule has 1 fully saturated rings. The predicted octanol–water partition coefficient (Wildman–Crippen LogP) is 5.73. The van der Waals surface area contributed by atoms with Gasteiger partial charge in [-0.3, -0.25) is 4.79 Å². The van der Waals surface area contributed by atoms with Crippen LogP contribution in [0.25, 0.3) is 0 Å². The second-order valence-electron chi connectivity index (χ2n) is 11.5. The molecule has 0 saturated carbocycles. The van der Waals surface area contributed by atoms with Gasteiger partial charge in [-0.15, -0.1) is 0 Å². The second kappa shape index (κ2) is 16.5. The number of carbonyl (C=O) groups excluding carboxylic acids is 2. The van der Waals surface area contributed by atoms with Crippen molar-refractivity contribution in [1.82, 2.24) is 10.6 Å². The Morgan fingerprint density at radius 2 is 1.60 bits per heavy atom. The minimum absolute atomic E-state index is 0.0806. The highest BCUT2D eigenvalue weighted by Crippen LogP contribution is 2.30. The molecule has 4 aromatic carbocycles. The number of amides is 1. The van der Waals surface area contributed by atoms with E-state index < -0.39 is 23.9 Å². The van der Waals surface area contributed by atoms with E-state index >= 15 is 0 Å². The van der Waals surface area contributed by atoms with E-state index in [2.05, 4.69) is 16.7 Å². The van der Waals surface area contributed by atoms with Crippen LogP contribution in [0.15, 0.2) is 103 Å². The molecule has 0 bridgehead atoms. The Morgan fingerprint density at radius 1 is 0.936 bits per heavy atom. The van der Waals surface area contributed by atoms with Crippen molar-refractivity contribution in [2.75, 3.05) is 26.8 Å². The number of hydrogen-bond acceptors (Lipinski definition) is 7. The van der Waals surface area contributed by atoms with Crippen molar-refractivity contribution >= 4 is 11.9 Å². The van der Waals surface area contributed by atoms with Crippen LogP contribution < -0.4 is 15.4 Å². The molecule has 8 nitrogen and oxygen atoms in total. The maximum atomic E-state index is 14.6. The van der Waals surface area contributed by atoms with Crippen molar-refractivity contribution in [1.29, 1.82) is 5.26 Å². The number of ketones is 1. The Hall–Kier alpha value is -5.04. The van der Waals surface area contributed by atoms with Gasteiger partial charge in [0.2, 0.25) is 0 Å². The monoisotopic (exact) mass is 635 g/mol. The summed E-state index contributed by atoms with van der Waals surface area (Å²) < 4.78 is 31.7. The normalized spacial score (nSPS) is 16.6. The van der Waals surface area contributed by atoms with Crippen molar-refractivity contribution < 1.29 is 28.2 Å². The van der Waals surface area contributed by atoms with Gasteiger partial charge in [0, 0.05) is 25.4 Å². The number of methoxy groups -OCH3 is 1. The average molecular weight is 636 g/mol. The van der Waals surface area contributed by atoms with Gasteiger partial charge < -0.3 is 24.8 Å². The summed E-state index contributed by atoms with van der Waals surface area (Å²) in [6.45, 7) is 1.65. The molecule has 1 aliphatic rings. The molecule has 242 valence electrons. The van der Waals surface area contributed by atoms with Crippen molar-refractivity contribution in [3.05, 3.63) is 137 Å². The van der Waals surface area contributed by atoms with Crippen LogP contribution in [0, 0.1) is 17.1 Å². The number of nitrogens with one attached hydrogen (secondary N) is 2. The van der Waals surface area contributed by atoms with Gasteiger partial charge in [-0.05, 0) is 71.5 Å². The van der Waals surface area contributed by atoms with E-state index in [9.17, 15) is 14.0 Å². The van der Waals surface area contributed by atoms with E-state index in [-0.39, 0.29) is 24.4 Å². The molecule has 9 heteroatoms. The number of morpholine rings is 1. The smallest absolute Gasteiger partial charge is 0.407 e. The quantitative estimate of drug-likeness (QED) is 0.193. The van der Waals surface area contributed by atoms with Gasteiger partial charge in [0.1, 0.15) is 30.3 Å². The van der Waals surface area contributed by atoms with Gasteiger partial charge in [-0.1, -0.05) is 66.7 Å². The third-order valence-corrected chi connectivity index (χ3v) is 8.27. The predicted molar refractivity (Wildman–Crippen MR) is 176 cm³/mol. The minimum atomic E-state index is -0.967. The highest BCUT2D eigenvalue weighted by molar-refractivity contribution is 5.91. The Bertz CT molecular complexity index is 1620. The zero-order valence-electron chi connectivity index (χ0n) is 26.2. The number of benzene rings is 4. The van der Waals surface area contributed by atoms with Gasteiger partial charge in [-0.2, -0.15) is 5.26 Å². The van der Waals surface area contributed by atoms with Crippen LogP contribution in [0.5, 0.6) is 5.75 Å². The third-order valence-electron chi connectivity index (χ3n) is 8.27. The molecule has 0 radical (unpaired) electrons. The van der Waals surface area contributed by atoms with Gasteiger partial charge in [0.05, 0.1) is 24.8 Å². The number of Topliss-reactive ketones (excluding diaryl/α,β-unsaturated/α-hetero) is 1. The van der Waals surface area contributed by atoms with E-state index in [1.54, 1.807) is 30.3 Å². The summed E-state index contributed by atoms with van der Waals surface area (Å²) in [7, 11) is 1.26. The number of ether oxygens (including phenoxy) is 3. The topological polar surface area (TPSA) is 110 Å². The number of rotatable bonds is 13. The SMILES string of the molecule is COC(=O)N[C@H](C(=O)Cc1cc(F)ccc1CC[C@@H]1CNC[C@@H](COc2ccc(C#N)cc2)O1)C(c1ccccc1)c1ccccc1. The van der Waals surface area contributed by atoms with Crippen molar-refractivity contribution in [2.45, 2.75) is 43.4 Å². The zero-order chi connectivity index (χ0) is 33.0. The molecule has 3 atom stereocenters. The molecule has 1 aliphatic heterocycles. The minimum Gasteiger partial charge on any atom is -0.491 e. The standard InChI is InChI=1S/C38H38FN3O5/c1-45-38(44)42-37(36(28-8-4-2-5-9-28)29-10-6-3-7-11-29)35(43)21-30-20-31(39)16-14-27(30)15-19-33-23-41-24-34(47-33)25-46-32-17-12-26(22-40)13-18-32/h2-14,16-18,20,33-34,36-37,41H,15,19,21,23-25H2,1H3,(H,42,44)/t33-,34+,37-/m1/s1. The van der Waals surface area contributed by atoms with Crippen LogP contribution in [0.1, 0.15) is 40.2 Å². The number of carbonyl (C=O) groups is 2. The average Bonchev–Trinajstić information content (AvgIpc) is 3.11. The van der Waals surface area contributed by atoms with E-state index in [1.165, 1.54) is 19.2 Å². The van der Waals surface area contributed by atoms with Crippen LogP contribution in [0.2, 0.25) is 0 Å². The number of nitrogens with zero attached hydrogens (tertiary/aromatic N) is 1. The molecule has 5 rings (SSSR count). The van der Waals surface area contributed by atoms with Gasteiger partial charge in [0.25, 0.3) is 0 Å². The van der Waals surface area contributed by atoms with E-state index in [0.717, 1.165) is 16.7 Å². The maximum absolute atomic E-state index is 14.6. The first-order valence-corrected chi connectivity index (χ1v) is 15.7. The summed E-state index contributed by atoms with van der Waals surface area (Å²) in [6.07, 6.45) is 0.127. The molecule has 2 N–H and O–H groups in total. The second-order valence-corrected chi connectivity index (χ2v) is 11.5. The first kappa shape index (κ1) is 33.3. The molecule has 0 spiro atoms. The molecule has 1 amide bonds. The fraction of sp³-hybridized carbons (Fsp3) is 0.289. The highest BCUT2D eigenvalue weighted by atomic mass is 19.1. The summed E-state index contributed by atoms with van der Waals surface area (Å²) in [6, 6.07) is 31.6. The van der Waals surface area contributed by atoms with Crippen LogP contribution in [-0.2, 0) is 27.1 Å². The van der Waals surface area contributed by atoms with Gasteiger partial charge in [-0.25, -0.2) is 9.18 Å².